The standard InChI is InChI=1S/C11H13FN2O5S/c12-9-2-1-8(11(15)16)7-10(9)20(17,18)13-14-3-5-19-6-4-14/h1-2,7,13H,3-6H2,(H,15,16). The number of hydrogen-bond donors (Lipinski definition) is 2. The summed E-state index contributed by atoms with van der Waals surface area (Å²) in [5.41, 5.74) is -0.297. The number of ether oxygens (including phenoxy) is 1. The maximum atomic E-state index is 13.6. The number of nitrogens with one attached hydrogen (secondary N) is 1. The lowest BCUT2D eigenvalue weighted by molar-refractivity contribution is 0.0272. The Morgan fingerprint density at radius 2 is 2.00 bits per heavy atom. The van der Waals surface area contributed by atoms with Gasteiger partial charge in [-0.1, -0.05) is 0 Å². The molecule has 0 radical (unpaired) electrons. The normalized spacial score (nSPS) is 17.1. The molecular formula is C11H13FN2O5S. The molecule has 1 aliphatic rings. The van der Waals surface area contributed by atoms with E-state index in [4.69, 9.17) is 9.84 Å². The Bertz CT molecular complexity index is 613. The van der Waals surface area contributed by atoms with Crippen LogP contribution < -0.4 is 4.83 Å². The predicted molar refractivity (Wildman–Crippen MR) is 66.1 cm³/mol. The summed E-state index contributed by atoms with van der Waals surface area (Å²) in [7, 11) is -4.16. The molecule has 1 aliphatic heterocycles. The average Bonchev–Trinajstić information content (AvgIpc) is 2.39. The molecule has 20 heavy (non-hydrogen) atoms. The number of aromatic carboxylic acids is 1. The van der Waals surface area contributed by atoms with Crippen LogP contribution in [0, 0.1) is 5.82 Å². The molecule has 0 saturated carbocycles. The third-order valence-corrected chi connectivity index (χ3v) is 4.12. The topological polar surface area (TPSA) is 95.9 Å². The second-order valence-electron chi connectivity index (χ2n) is 4.14. The van der Waals surface area contributed by atoms with E-state index in [1.165, 1.54) is 5.01 Å². The van der Waals surface area contributed by atoms with E-state index in [2.05, 4.69) is 4.83 Å². The van der Waals surface area contributed by atoms with Gasteiger partial charge in [0, 0.05) is 13.1 Å². The van der Waals surface area contributed by atoms with Gasteiger partial charge in [-0.15, -0.1) is 4.83 Å². The molecule has 0 unspecified atom stereocenters. The van der Waals surface area contributed by atoms with Gasteiger partial charge in [0.25, 0.3) is 10.0 Å². The number of morpholine rings is 1. The minimum Gasteiger partial charge on any atom is -0.478 e. The molecule has 1 heterocycles. The maximum Gasteiger partial charge on any atom is 0.335 e. The monoisotopic (exact) mass is 304 g/mol. The van der Waals surface area contributed by atoms with E-state index >= 15 is 0 Å². The maximum absolute atomic E-state index is 13.6. The second kappa shape index (κ2) is 5.83. The van der Waals surface area contributed by atoms with Crippen LogP contribution in [0.25, 0.3) is 0 Å². The smallest absolute Gasteiger partial charge is 0.335 e. The van der Waals surface area contributed by atoms with Gasteiger partial charge >= 0.3 is 5.97 Å². The first-order valence-corrected chi connectivity index (χ1v) is 7.26. The zero-order valence-corrected chi connectivity index (χ0v) is 11.2. The molecule has 0 amide bonds. The lowest BCUT2D eigenvalue weighted by Gasteiger charge is -2.26. The number of benzene rings is 1. The van der Waals surface area contributed by atoms with E-state index in [-0.39, 0.29) is 5.56 Å². The minimum absolute atomic E-state index is 0.297. The van der Waals surface area contributed by atoms with Gasteiger partial charge in [-0.3, -0.25) is 0 Å². The van der Waals surface area contributed by atoms with Crippen LogP contribution in [0.3, 0.4) is 0 Å². The number of halogens is 1. The molecule has 0 aliphatic carbocycles. The van der Waals surface area contributed by atoms with Crippen molar-refractivity contribution < 1.29 is 27.4 Å². The zero-order chi connectivity index (χ0) is 14.8. The van der Waals surface area contributed by atoms with Gasteiger partial charge in [-0.2, -0.15) is 0 Å². The summed E-state index contributed by atoms with van der Waals surface area (Å²) < 4.78 is 42.8. The zero-order valence-electron chi connectivity index (χ0n) is 10.4. The molecule has 7 nitrogen and oxygen atoms in total. The van der Waals surface area contributed by atoms with Crippen molar-refractivity contribution in [1.29, 1.82) is 0 Å². The summed E-state index contributed by atoms with van der Waals surface area (Å²) in [6.07, 6.45) is 0. The third-order valence-electron chi connectivity index (χ3n) is 2.73. The Morgan fingerprint density at radius 3 is 2.60 bits per heavy atom. The number of hydrazine groups is 1. The Hall–Kier alpha value is -1.55. The van der Waals surface area contributed by atoms with Crippen LogP contribution in [0.15, 0.2) is 23.1 Å². The van der Waals surface area contributed by atoms with Crippen molar-refractivity contribution in [2.45, 2.75) is 4.90 Å². The predicted octanol–water partition coefficient (Wildman–Crippen LogP) is 0.0494. The minimum atomic E-state index is -4.16. The van der Waals surface area contributed by atoms with Gasteiger partial charge in [-0.05, 0) is 18.2 Å². The summed E-state index contributed by atoms with van der Waals surface area (Å²) >= 11 is 0. The van der Waals surface area contributed by atoms with E-state index in [0.717, 1.165) is 18.2 Å². The van der Waals surface area contributed by atoms with Crippen molar-refractivity contribution in [3.05, 3.63) is 29.6 Å². The molecule has 2 rings (SSSR count). The van der Waals surface area contributed by atoms with Gasteiger partial charge < -0.3 is 9.84 Å². The molecular weight excluding hydrogens is 291 g/mol. The molecule has 110 valence electrons. The summed E-state index contributed by atoms with van der Waals surface area (Å²) in [4.78, 5) is 12.3. The molecule has 0 spiro atoms. The summed E-state index contributed by atoms with van der Waals surface area (Å²) in [6.45, 7) is 1.39. The van der Waals surface area contributed by atoms with E-state index in [1.807, 2.05) is 0 Å². The molecule has 9 heteroatoms. The Labute approximate surface area is 115 Å². The van der Waals surface area contributed by atoms with E-state index < -0.39 is 26.7 Å². The number of carboxylic acid groups (broad SMARTS) is 1. The number of sulfonamides is 1. The molecule has 1 aromatic carbocycles. The first-order chi connectivity index (χ1) is 9.40. The van der Waals surface area contributed by atoms with Crippen LogP contribution in [0.5, 0.6) is 0 Å². The molecule has 0 atom stereocenters. The first-order valence-electron chi connectivity index (χ1n) is 5.78. The molecule has 0 aromatic heterocycles. The molecule has 1 saturated heterocycles. The highest BCUT2D eigenvalue weighted by Crippen LogP contribution is 2.17. The van der Waals surface area contributed by atoms with Crippen LogP contribution >= 0.6 is 0 Å². The molecule has 1 fully saturated rings. The molecule has 1 aromatic rings. The van der Waals surface area contributed by atoms with Crippen LogP contribution in [0.2, 0.25) is 0 Å². The Kier molecular flexibility index (Phi) is 4.33. The number of carboxylic acids is 1. The van der Waals surface area contributed by atoms with Gasteiger partial charge in [0.2, 0.25) is 0 Å². The fourth-order valence-corrected chi connectivity index (χ4v) is 2.94. The van der Waals surface area contributed by atoms with Crippen LogP contribution in [-0.2, 0) is 14.8 Å². The van der Waals surface area contributed by atoms with Crippen molar-refractivity contribution in [3.63, 3.8) is 0 Å². The van der Waals surface area contributed by atoms with Crippen molar-refractivity contribution in [2.75, 3.05) is 26.3 Å². The fraction of sp³-hybridized carbons (Fsp3) is 0.364. The highest BCUT2D eigenvalue weighted by molar-refractivity contribution is 7.89. The van der Waals surface area contributed by atoms with Crippen molar-refractivity contribution in [1.82, 2.24) is 9.84 Å². The highest BCUT2D eigenvalue weighted by atomic mass is 32.2. The second-order valence-corrected chi connectivity index (χ2v) is 5.77. The third kappa shape index (κ3) is 3.31. The SMILES string of the molecule is O=C(O)c1ccc(F)c(S(=O)(=O)NN2CCOCC2)c1. The Balaban J connectivity index is 2.28. The number of carbonyl (C=O) groups is 1. The summed E-state index contributed by atoms with van der Waals surface area (Å²) in [6, 6.07) is 2.61. The molecule has 0 bridgehead atoms. The van der Waals surface area contributed by atoms with E-state index in [1.54, 1.807) is 0 Å². The largest absolute Gasteiger partial charge is 0.478 e. The average molecular weight is 304 g/mol. The lowest BCUT2D eigenvalue weighted by atomic mass is 10.2. The van der Waals surface area contributed by atoms with Gasteiger partial charge in [0.1, 0.15) is 10.7 Å². The van der Waals surface area contributed by atoms with Crippen molar-refractivity contribution in [2.24, 2.45) is 0 Å². The van der Waals surface area contributed by atoms with E-state index in [0.29, 0.717) is 26.3 Å². The lowest BCUT2D eigenvalue weighted by Crippen LogP contribution is -2.48. The van der Waals surface area contributed by atoms with Crippen LogP contribution in [0.1, 0.15) is 10.4 Å². The quantitative estimate of drug-likeness (QED) is 0.816. The Morgan fingerprint density at radius 1 is 1.35 bits per heavy atom. The van der Waals surface area contributed by atoms with E-state index in [9.17, 15) is 17.6 Å². The fourth-order valence-electron chi connectivity index (χ4n) is 1.72. The van der Waals surface area contributed by atoms with Crippen molar-refractivity contribution in [3.8, 4) is 0 Å². The first kappa shape index (κ1) is 14.9. The van der Waals surface area contributed by atoms with Gasteiger partial charge in [-0.25, -0.2) is 22.6 Å². The van der Waals surface area contributed by atoms with Crippen LogP contribution in [0.4, 0.5) is 4.39 Å². The van der Waals surface area contributed by atoms with Crippen molar-refractivity contribution >= 4 is 16.0 Å². The van der Waals surface area contributed by atoms with Crippen LogP contribution in [-0.4, -0.2) is 50.8 Å². The van der Waals surface area contributed by atoms with Gasteiger partial charge in [0.15, 0.2) is 0 Å². The summed E-state index contributed by atoms with van der Waals surface area (Å²) in [5, 5.41) is 10.2. The summed E-state index contributed by atoms with van der Waals surface area (Å²) in [5.74, 6) is -2.33. The molecule has 2 N–H and O–H groups in total. The highest BCUT2D eigenvalue weighted by Gasteiger charge is 2.24. The number of rotatable bonds is 4. The van der Waals surface area contributed by atoms with Gasteiger partial charge in [0.05, 0.1) is 18.8 Å². The number of nitrogens with zero attached hydrogens (tertiary/aromatic N) is 1. The number of hydrogen-bond acceptors (Lipinski definition) is 5.